The van der Waals surface area contributed by atoms with Crippen molar-refractivity contribution >= 4 is 38.4 Å². The van der Waals surface area contributed by atoms with Crippen molar-refractivity contribution in [1.29, 1.82) is 0 Å². The van der Waals surface area contributed by atoms with Gasteiger partial charge in [-0.3, -0.25) is 4.79 Å². The van der Waals surface area contributed by atoms with Crippen LogP contribution < -0.4 is 5.32 Å². The zero-order valence-corrected chi connectivity index (χ0v) is 19.2. The second-order valence-corrected chi connectivity index (χ2v) is 9.94. The Balaban J connectivity index is 1.45. The van der Waals surface area contributed by atoms with Crippen LogP contribution in [0.3, 0.4) is 0 Å². The summed E-state index contributed by atoms with van der Waals surface area (Å²) in [4.78, 5) is 24.9. The molecule has 0 spiro atoms. The number of benzene rings is 3. The summed E-state index contributed by atoms with van der Waals surface area (Å²) in [7, 11) is -3.71. The minimum atomic E-state index is -3.71. The maximum Gasteiger partial charge on any atom is 0.338 e. The topological polar surface area (TPSA) is 92.8 Å². The number of nitrogens with zero attached hydrogens (tertiary/aromatic N) is 1. The van der Waals surface area contributed by atoms with Gasteiger partial charge in [0.05, 0.1) is 23.0 Å². The average Bonchev–Trinajstić information content (AvgIpc) is 2.84. The van der Waals surface area contributed by atoms with Gasteiger partial charge in [-0.15, -0.1) is 0 Å². The fourth-order valence-electron chi connectivity index (χ4n) is 4.00. The van der Waals surface area contributed by atoms with Gasteiger partial charge in [-0.25, -0.2) is 13.2 Å². The molecule has 1 saturated heterocycles. The predicted molar refractivity (Wildman–Crippen MR) is 126 cm³/mol. The Morgan fingerprint density at radius 2 is 1.76 bits per heavy atom. The van der Waals surface area contributed by atoms with E-state index in [1.807, 2.05) is 24.3 Å². The lowest BCUT2D eigenvalue weighted by molar-refractivity contribution is -0.120. The van der Waals surface area contributed by atoms with Crippen LogP contribution in [0.4, 0.5) is 5.69 Å². The van der Waals surface area contributed by atoms with E-state index in [-0.39, 0.29) is 24.0 Å². The number of esters is 1. The molecule has 1 atom stereocenters. The Morgan fingerprint density at radius 3 is 2.48 bits per heavy atom. The van der Waals surface area contributed by atoms with Crippen LogP contribution in [0.1, 0.15) is 30.1 Å². The smallest absolute Gasteiger partial charge is 0.338 e. The Bertz CT molecular complexity index is 1270. The zero-order valence-electron chi connectivity index (χ0n) is 18.4. The van der Waals surface area contributed by atoms with Crippen LogP contribution in [0.5, 0.6) is 0 Å². The lowest BCUT2D eigenvalue weighted by Crippen LogP contribution is -2.43. The van der Waals surface area contributed by atoms with E-state index in [0.29, 0.717) is 30.6 Å². The Morgan fingerprint density at radius 1 is 1.03 bits per heavy atom. The van der Waals surface area contributed by atoms with E-state index in [2.05, 4.69) is 5.32 Å². The summed E-state index contributed by atoms with van der Waals surface area (Å²) in [6.45, 7) is 2.53. The van der Waals surface area contributed by atoms with Crippen LogP contribution >= 0.6 is 0 Å². The third kappa shape index (κ3) is 5.07. The summed E-state index contributed by atoms with van der Waals surface area (Å²) in [5.41, 5.74) is 0.947. The van der Waals surface area contributed by atoms with Gasteiger partial charge in [-0.05, 0) is 66.9 Å². The van der Waals surface area contributed by atoms with Gasteiger partial charge < -0.3 is 10.1 Å². The van der Waals surface area contributed by atoms with Crippen molar-refractivity contribution in [3.8, 4) is 0 Å². The van der Waals surface area contributed by atoms with E-state index < -0.39 is 21.9 Å². The van der Waals surface area contributed by atoms with Crippen LogP contribution in [0.15, 0.2) is 71.6 Å². The molecule has 3 aromatic carbocycles. The van der Waals surface area contributed by atoms with E-state index >= 15 is 0 Å². The van der Waals surface area contributed by atoms with Crippen molar-refractivity contribution < 1.29 is 22.7 Å². The molecule has 3 aromatic rings. The number of sulfonamides is 1. The van der Waals surface area contributed by atoms with Crippen LogP contribution in [0.2, 0.25) is 0 Å². The largest absolute Gasteiger partial charge is 0.462 e. The molecular weight excluding hydrogens is 440 g/mol. The van der Waals surface area contributed by atoms with Gasteiger partial charge >= 0.3 is 5.97 Å². The lowest BCUT2D eigenvalue weighted by Gasteiger charge is -2.31. The third-order valence-electron chi connectivity index (χ3n) is 5.78. The Hall–Kier alpha value is -3.23. The number of carbonyl (C=O) groups excluding carboxylic acids is 2. The maximum absolute atomic E-state index is 13.3. The molecule has 0 aromatic heterocycles. The molecule has 1 fully saturated rings. The van der Waals surface area contributed by atoms with E-state index in [0.717, 1.165) is 10.8 Å². The fraction of sp³-hybridized carbons (Fsp3) is 0.280. The summed E-state index contributed by atoms with van der Waals surface area (Å²) in [6.07, 6.45) is 1.21. The van der Waals surface area contributed by atoms with Gasteiger partial charge in [0.1, 0.15) is 0 Å². The highest BCUT2D eigenvalue weighted by molar-refractivity contribution is 7.89. The molecule has 1 heterocycles. The molecule has 33 heavy (non-hydrogen) atoms. The molecule has 4 rings (SSSR count). The SMILES string of the molecule is CCOC(=O)c1ccc(NC(=O)[C@H]2CCCN(S(=O)(=O)c3ccc4ccccc4c3)C2)cc1. The number of hydrogen-bond donors (Lipinski definition) is 1. The molecule has 0 bridgehead atoms. The first-order valence-electron chi connectivity index (χ1n) is 11.0. The first kappa shape index (κ1) is 22.9. The van der Waals surface area contributed by atoms with Crippen molar-refractivity contribution in [1.82, 2.24) is 4.31 Å². The standard InChI is InChI=1S/C25H26N2O5S/c1-2-32-25(29)19-9-12-22(13-10-19)26-24(28)21-8-5-15-27(17-21)33(30,31)23-14-11-18-6-3-4-7-20(18)16-23/h3-4,6-7,9-14,16,21H,2,5,8,15,17H2,1H3,(H,26,28)/t21-/m0/s1. The quantitative estimate of drug-likeness (QED) is 0.553. The summed E-state index contributed by atoms with van der Waals surface area (Å²) in [6, 6.07) is 19.2. The normalized spacial score (nSPS) is 16.9. The van der Waals surface area contributed by atoms with E-state index in [4.69, 9.17) is 4.74 Å². The molecule has 172 valence electrons. The number of rotatable bonds is 6. The number of carbonyl (C=O) groups is 2. The second kappa shape index (κ2) is 9.72. The van der Waals surface area contributed by atoms with Gasteiger partial charge in [-0.2, -0.15) is 4.31 Å². The van der Waals surface area contributed by atoms with Gasteiger partial charge in [0.2, 0.25) is 15.9 Å². The summed E-state index contributed by atoms with van der Waals surface area (Å²) in [5, 5.41) is 4.66. The van der Waals surface area contributed by atoms with Gasteiger partial charge in [-0.1, -0.05) is 30.3 Å². The molecule has 1 aliphatic rings. The predicted octanol–water partition coefficient (Wildman–Crippen LogP) is 4.06. The van der Waals surface area contributed by atoms with Crippen molar-refractivity contribution in [2.45, 2.75) is 24.7 Å². The average molecular weight is 467 g/mol. The van der Waals surface area contributed by atoms with E-state index in [9.17, 15) is 18.0 Å². The van der Waals surface area contributed by atoms with Crippen molar-refractivity contribution in [2.24, 2.45) is 5.92 Å². The van der Waals surface area contributed by atoms with Crippen molar-refractivity contribution in [3.63, 3.8) is 0 Å². The maximum atomic E-state index is 13.3. The third-order valence-corrected chi connectivity index (χ3v) is 7.64. The number of hydrogen-bond acceptors (Lipinski definition) is 5. The van der Waals surface area contributed by atoms with Crippen molar-refractivity contribution in [2.75, 3.05) is 25.0 Å². The van der Waals surface area contributed by atoms with Gasteiger partial charge in [0, 0.05) is 18.8 Å². The molecule has 1 aliphatic heterocycles. The van der Waals surface area contributed by atoms with Crippen LogP contribution in [0.25, 0.3) is 10.8 Å². The summed E-state index contributed by atoms with van der Waals surface area (Å²) < 4.78 is 32.9. The van der Waals surface area contributed by atoms with Crippen LogP contribution in [0, 0.1) is 5.92 Å². The number of nitrogens with one attached hydrogen (secondary N) is 1. The second-order valence-electron chi connectivity index (χ2n) is 8.00. The minimum Gasteiger partial charge on any atom is -0.462 e. The lowest BCUT2D eigenvalue weighted by atomic mass is 9.98. The van der Waals surface area contributed by atoms with Crippen molar-refractivity contribution in [3.05, 3.63) is 72.3 Å². The molecule has 7 nitrogen and oxygen atoms in total. The first-order valence-corrected chi connectivity index (χ1v) is 12.4. The molecular formula is C25H26N2O5S. The highest BCUT2D eigenvalue weighted by atomic mass is 32.2. The van der Waals surface area contributed by atoms with Crippen LogP contribution in [-0.2, 0) is 19.6 Å². The molecule has 0 aliphatic carbocycles. The molecule has 0 unspecified atom stereocenters. The first-order chi connectivity index (χ1) is 15.9. The Labute approximate surface area is 193 Å². The minimum absolute atomic E-state index is 0.127. The fourth-order valence-corrected chi connectivity index (χ4v) is 5.56. The molecule has 1 amide bonds. The monoisotopic (exact) mass is 466 g/mol. The highest BCUT2D eigenvalue weighted by Crippen LogP contribution is 2.27. The molecule has 0 saturated carbocycles. The number of amides is 1. The number of fused-ring (bicyclic) bond motifs is 1. The number of ether oxygens (including phenoxy) is 1. The highest BCUT2D eigenvalue weighted by Gasteiger charge is 2.33. The number of piperidine rings is 1. The summed E-state index contributed by atoms with van der Waals surface area (Å²) >= 11 is 0. The molecule has 0 radical (unpaired) electrons. The Kier molecular flexibility index (Phi) is 6.76. The van der Waals surface area contributed by atoms with E-state index in [1.165, 1.54) is 4.31 Å². The summed E-state index contributed by atoms with van der Waals surface area (Å²) in [5.74, 6) is -1.12. The van der Waals surface area contributed by atoms with Crippen LogP contribution in [-0.4, -0.2) is 44.3 Å². The van der Waals surface area contributed by atoms with Gasteiger partial charge in [0.15, 0.2) is 0 Å². The number of anilines is 1. The van der Waals surface area contributed by atoms with Gasteiger partial charge in [0.25, 0.3) is 0 Å². The molecule has 1 N–H and O–H groups in total. The van der Waals surface area contributed by atoms with E-state index in [1.54, 1.807) is 49.4 Å². The zero-order chi connectivity index (χ0) is 23.4. The molecule has 8 heteroatoms.